The average molecular weight is 139 g/mol. The van der Waals surface area contributed by atoms with Crippen LogP contribution in [0.15, 0.2) is 17.3 Å². The molecular formula is C6H9N3O. The van der Waals surface area contributed by atoms with Crippen LogP contribution < -0.4 is 11.2 Å². The van der Waals surface area contributed by atoms with Gasteiger partial charge in [-0.3, -0.25) is 4.79 Å². The molecule has 3 N–H and O–H groups in total. The molecule has 4 heteroatoms. The topological polar surface area (TPSA) is 67.5 Å². The molecule has 0 aromatic carbocycles. The zero-order valence-corrected chi connectivity index (χ0v) is 5.50. The molecule has 0 fully saturated rings. The van der Waals surface area contributed by atoms with Gasteiger partial charge in [0.25, 0.3) is 0 Å². The Balaban J connectivity index is 2.48. The van der Waals surface area contributed by atoms with Gasteiger partial charge in [0.05, 0.1) is 18.7 Å². The van der Waals surface area contributed by atoms with Crippen LogP contribution in [0.25, 0.3) is 0 Å². The third-order valence-electron chi connectivity index (χ3n) is 1.10. The Morgan fingerprint density at radius 3 is 3.20 bits per heavy atom. The minimum absolute atomic E-state index is 0.212. The smallest absolute Gasteiger partial charge is 0.223 e. The lowest BCUT2D eigenvalue weighted by Gasteiger charge is -2.04. The highest BCUT2D eigenvalue weighted by molar-refractivity contribution is 6.06. The van der Waals surface area contributed by atoms with Crippen LogP contribution in [0, 0.1) is 0 Å². The van der Waals surface area contributed by atoms with Crippen LogP contribution in [0.3, 0.4) is 0 Å². The first kappa shape index (κ1) is 6.80. The second-order valence-corrected chi connectivity index (χ2v) is 2.01. The second-order valence-electron chi connectivity index (χ2n) is 2.01. The van der Waals surface area contributed by atoms with Gasteiger partial charge in [0.2, 0.25) is 5.91 Å². The first-order valence-corrected chi connectivity index (χ1v) is 3.03. The zero-order chi connectivity index (χ0) is 7.40. The van der Waals surface area contributed by atoms with Crippen molar-refractivity contribution in [1.82, 2.24) is 5.43 Å². The van der Waals surface area contributed by atoms with E-state index in [9.17, 15) is 4.79 Å². The minimum Gasteiger partial charge on any atom is -0.369 e. The summed E-state index contributed by atoms with van der Waals surface area (Å²) in [6.07, 6.45) is 3.90. The maximum absolute atomic E-state index is 10.3. The van der Waals surface area contributed by atoms with E-state index in [2.05, 4.69) is 10.5 Å². The summed E-state index contributed by atoms with van der Waals surface area (Å²) in [5.74, 6) is -0.355. The van der Waals surface area contributed by atoms with Crippen LogP contribution in [0.5, 0.6) is 0 Å². The predicted octanol–water partition coefficient (Wildman–Crippen LogP) is -0.623. The van der Waals surface area contributed by atoms with Crippen molar-refractivity contribution in [3.05, 3.63) is 12.2 Å². The highest BCUT2D eigenvalue weighted by Crippen LogP contribution is 1.91. The number of allylic oxidation sites excluding steroid dienone is 1. The summed E-state index contributed by atoms with van der Waals surface area (Å²) < 4.78 is 0. The summed E-state index contributed by atoms with van der Waals surface area (Å²) in [5, 5.41) is 3.85. The third kappa shape index (κ3) is 1.89. The molecule has 1 rings (SSSR count). The van der Waals surface area contributed by atoms with E-state index >= 15 is 0 Å². The molecule has 0 aliphatic carbocycles. The molecular weight excluding hydrogens is 130 g/mol. The Labute approximate surface area is 58.8 Å². The van der Waals surface area contributed by atoms with Crippen molar-refractivity contribution in [3.8, 4) is 0 Å². The van der Waals surface area contributed by atoms with Crippen LogP contribution in [0.4, 0.5) is 0 Å². The molecule has 0 saturated carbocycles. The number of hydrogen-bond donors (Lipinski definition) is 2. The lowest BCUT2D eigenvalue weighted by Crippen LogP contribution is -2.20. The van der Waals surface area contributed by atoms with Crippen molar-refractivity contribution in [3.63, 3.8) is 0 Å². The maximum atomic E-state index is 10.3. The molecule has 1 aliphatic rings. The van der Waals surface area contributed by atoms with Crippen LogP contribution >= 0.6 is 0 Å². The van der Waals surface area contributed by atoms with E-state index in [0.717, 1.165) is 6.54 Å². The first-order valence-electron chi connectivity index (χ1n) is 3.03. The van der Waals surface area contributed by atoms with Gasteiger partial charge < -0.3 is 11.2 Å². The lowest BCUT2D eigenvalue weighted by molar-refractivity contribution is -0.116. The molecule has 1 aliphatic heterocycles. The molecule has 1 amide bonds. The van der Waals surface area contributed by atoms with Gasteiger partial charge in [0.1, 0.15) is 0 Å². The Kier molecular flexibility index (Phi) is 2.04. The molecule has 0 aromatic rings. The van der Waals surface area contributed by atoms with Gasteiger partial charge in [-0.2, -0.15) is 5.10 Å². The molecule has 0 atom stereocenters. The van der Waals surface area contributed by atoms with Gasteiger partial charge in [-0.1, -0.05) is 6.08 Å². The van der Waals surface area contributed by atoms with Gasteiger partial charge in [0.15, 0.2) is 0 Å². The number of amides is 1. The summed E-state index contributed by atoms with van der Waals surface area (Å²) in [6, 6.07) is 0. The number of hydrogen-bond acceptors (Lipinski definition) is 3. The van der Waals surface area contributed by atoms with Crippen LogP contribution in [0.1, 0.15) is 6.42 Å². The van der Waals surface area contributed by atoms with Crippen molar-refractivity contribution < 1.29 is 4.79 Å². The van der Waals surface area contributed by atoms with Gasteiger partial charge in [-0.05, 0) is 6.08 Å². The average Bonchev–Trinajstić information content (AvgIpc) is 1.88. The fourth-order valence-corrected chi connectivity index (χ4v) is 0.709. The van der Waals surface area contributed by atoms with E-state index in [0.29, 0.717) is 5.71 Å². The van der Waals surface area contributed by atoms with Crippen molar-refractivity contribution >= 4 is 11.6 Å². The van der Waals surface area contributed by atoms with Gasteiger partial charge in [-0.25, -0.2) is 0 Å². The third-order valence-corrected chi connectivity index (χ3v) is 1.10. The van der Waals surface area contributed by atoms with E-state index in [1.54, 1.807) is 6.08 Å². The van der Waals surface area contributed by atoms with Crippen molar-refractivity contribution in [2.45, 2.75) is 6.42 Å². The number of primary amides is 1. The SMILES string of the molecule is NC(=O)CC1=NNCC=C1. The number of nitrogens with two attached hydrogens (primary N) is 1. The molecule has 0 radical (unpaired) electrons. The van der Waals surface area contributed by atoms with E-state index in [4.69, 9.17) is 5.73 Å². The van der Waals surface area contributed by atoms with Gasteiger partial charge in [0, 0.05) is 0 Å². The van der Waals surface area contributed by atoms with E-state index in [1.165, 1.54) is 0 Å². The normalized spacial score (nSPS) is 15.8. The Bertz CT molecular complexity index is 195. The Morgan fingerprint density at radius 2 is 2.70 bits per heavy atom. The number of nitrogens with one attached hydrogen (secondary N) is 1. The van der Waals surface area contributed by atoms with Gasteiger partial charge in [-0.15, -0.1) is 0 Å². The molecule has 0 saturated heterocycles. The van der Waals surface area contributed by atoms with Gasteiger partial charge >= 0.3 is 0 Å². The fourth-order valence-electron chi connectivity index (χ4n) is 0.709. The zero-order valence-electron chi connectivity index (χ0n) is 5.50. The number of nitrogens with zero attached hydrogens (tertiary/aromatic N) is 1. The van der Waals surface area contributed by atoms with Crippen molar-refractivity contribution in [1.29, 1.82) is 0 Å². The predicted molar refractivity (Wildman–Crippen MR) is 38.4 cm³/mol. The maximum Gasteiger partial charge on any atom is 0.223 e. The number of carbonyl (C=O) groups is 1. The lowest BCUT2D eigenvalue weighted by atomic mass is 10.2. The van der Waals surface area contributed by atoms with E-state index in [1.807, 2.05) is 6.08 Å². The summed E-state index contributed by atoms with van der Waals surface area (Å²) >= 11 is 0. The molecule has 0 spiro atoms. The molecule has 0 bridgehead atoms. The minimum atomic E-state index is -0.355. The Morgan fingerprint density at radius 1 is 1.90 bits per heavy atom. The summed E-state index contributed by atoms with van der Waals surface area (Å²) in [7, 11) is 0. The summed E-state index contributed by atoms with van der Waals surface area (Å²) in [6.45, 7) is 0.724. The standard InChI is InChI=1S/C6H9N3O/c7-6(10)4-5-2-1-3-8-9-5/h1-2,8H,3-4H2,(H2,7,10). The van der Waals surface area contributed by atoms with Crippen LogP contribution in [0.2, 0.25) is 0 Å². The number of rotatable bonds is 2. The molecule has 1 heterocycles. The molecule has 0 aromatic heterocycles. The van der Waals surface area contributed by atoms with Crippen molar-refractivity contribution in [2.75, 3.05) is 6.54 Å². The Hall–Kier alpha value is -1.32. The van der Waals surface area contributed by atoms with E-state index in [-0.39, 0.29) is 12.3 Å². The molecule has 4 nitrogen and oxygen atoms in total. The first-order chi connectivity index (χ1) is 4.79. The van der Waals surface area contributed by atoms with E-state index < -0.39 is 0 Å². The van der Waals surface area contributed by atoms with Crippen molar-refractivity contribution in [2.24, 2.45) is 10.8 Å². The highest BCUT2D eigenvalue weighted by atomic mass is 16.1. The van der Waals surface area contributed by atoms with Crippen LogP contribution in [-0.4, -0.2) is 18.2 Å². The molecule has 10 heavy (non-hydrogen) atoms. The summed E-state index contributed by atoms with van der Waals surface area (Å²) in [4.78, 5) is 10.3. The largest absolute Gasteiger partial charge is 0.369 e. The fraction of sp³-hybridized carbons (Fsp3) is 0.333. The molecule has 54 valence electrons. The highest BCUT2D eigenvalue weighted by Gasteiger charge is 2.01. The molecule has 0 unspecified atom stereocenters. The monoisotopic (exact) mass is 139 g/mol. The summed E-state index contributed by atoms with van der Waals surface area (Å²) in [5.41, 5.74) is 8.37. The number of hydrazone groups is 1. The van der Waals surface area contributed by atoms with Crippen LogP contribution in [-0.2, 0) is 4.79 Å². The number of carbonyl (C=O) groups excluding carboxylic acids is 1. The quantitative estimate of drug-likeness (QED) is 0.535. The second kappa shape index (κ2) is 3.00.